The van der Waals surface area contributed by atoms with Crippen molar-refractivity contribution >= 4 is 16.0 Å². The van der Waals surface area contributed by atoms with E-state index in [9.17, 15) is 13.2 Å². The molecule has 0 radical (unpaired) electrons. The molecular weight excluding hydrogens is 402 g/mol. The summed E-state index contributed by atoms with van der Waals surface area (Å²) in [6.07, 6.45) is 5.80. The molecule has 1 unspecified atom stereocenters. The third-order valence-corrected chi connectivity index (χ3v) is 7.65. The number of sulfonamides is 1. The van der Waals surface area contributed by atoms with E-state index in [-0.39, 0.29) is 22.1 Å². The van der Waals surface area contributed by atoms with Crippen molar-refractivity contribution in [2.75, 3.05) is 7.11 Å². The minimum Gasteiger partial charge on any atom is -0.487 e. The molecule has 1 spiro atoms. The first-order valence-electron chi connectivity index (χ1n) is 10.3. The van der Waals surface area contributed by atoms with Crippen LogP contribution in [0, 0.1) is 6.92 Å². The van der Waals surface area contributed by atoms with Gasteiger partial charge >= 0.3 is 5.97 Å². The summed E-state index contributed by atoms with van der Waals surface area (Å²) in [7, 11) is -2.57. The Morgan fingerprint density at radius 2 is 1.87 bits per heavy atom. The molecule has 1 fully saturated rings. The van der Waals surface area contributed by atoms with Crippen molar-refractivity contribution in [1.82, 2.24) is 4.72 Å². The number of carbonyl (C=O) groups is 1. The Labute approximate surface area is 177 Å². The fraction of sp³-hybridized carbons (Fsp3) is 0.435. The zero-order valence-corrected chi connectivity index (χ0v) is 18.1. The summed E-state index contributed by atoms with van der Waals surface area (Å²) in [5, 5.41) is 0. The summed E-state index contributed by atoms with van der Waals surface area (Å²) in [4.78, 5) is 12.1. The minimum atomic E-state index is -3.85. The summed E-state index contributed by atoms with van der Waals surface area (Å²) < 4.78 is 40.6. The average molecular weight is 430 g/mol. The Balaban J connectivity index is 1.68. The van der Waals surface area contributed by atoms with Gasteiger partial charge in [0.2, 0.25) is 10.0 Å². The van der Waals surface area contributed by atoms with Gasteiger partial charge in [0.25, 0.3) is 0 Å². The second-order valence-electron chi connectivity index (χ2n) is 8.23. The first kappa shape index (κ1) is 20.9. The molecule has 2 aliphatic rings. The predicted molar refractivity (Wildman–Crippen MR) is 113 cm³/mol. The van der Waals surface area contributed by atoms with E-state index in [0.29, 0.717) is 12.0 Å². The van der Waals surface area contributed by atoms with Crippen LogP contribution in [0.2, 0.25) is 0 Å². The maximum absolute atomic E-state index is 13.3. The van der Waals surface area contributed by atoms with Crippen LogP contribution in [-0.4, -0.2) is 27.1 Å². The van der Waals surface area contributed by atoms with Crippen LogP contribution in [-0.2, 0) is 14.8 Å². The maximum atomic E-state index is 13.3. The summed E-state index contributed by atoms with van der Waals surface area (Å²) in [6, 6.07) is 11.8. The third-order valence-electron chi connectivity index (χ3n) is 6.18. The Morgan fingerprint density at radius 1 is 1.13 bits per heavy atom. The van der Waals surface area contributed by atoms with Crippen molar-refractivity contribution in [3.05, 3.63) is 59.2 Å². The van der Waals surface area contributed by atoms with E-state index < -0.39 is 16.0 Å². The highest BCUT2D eigenvalue weighted by Crippen LogP contribution is 2.46. The van der Waals surface area contributed by atoms with Crippen LogP contribution in [0.4, 0.5) is 0 Å². The van der Waals surface area contributed by atoms with Gasteiger partial charge in [-0.3, -0.25) is 0 Å². The monoisotopic (exact) mass is 429 g/mol. The lowest BCUT2D eigenvalue weighted by Crippen LogP contribution is -2.46. The molecule has 0 amide bonds. The molecule has 1 saturated carbocycles. The highest BCUT2D eigenvalue weighted by molar-refractivity contribution is 7.89. The molecule has 1 atom stereocenters. The van der Waals surface area contributed by atoms with E-state index >= 15 is 0 Å². The van der Waals surface area contributed by atoms with E-state index in [1.807, 2.05) is 24.3 Å². The van der Waals surface area contributed by atoms with Gasteiger partial charge in [-0.25, -0.2) is 17.9 Å². The van der Waals surface area contributed by atoms with Crippen LogP contribution in [0.25, 0.3) is 0 Å². The van der Waals surface area contributed by atoms with E-state index in [1.54, 1.807) is 13.0 Å². The second-order valence-corrected chi connectivity index (χ2v) is 9.94. The number of rotatable bonds is 4. The molecule has 4 rings (SSSR count). The maximum Gasteiger partial charge on any atom is 0.338 e. The van der Waals surface area contributed by atoms with Crippen LogP contribution in [0.3, 0.4) is 0 Å². The fourth-order valence-electron chi connectivity index (χ4n) is 4.58. The van der Waals surface area contributed by atoms with Crippen molar-refractivity contribution in [2.45, 2.75) is 62.0 Å². The summed E-state index contributed by atoms with van der Waals surface area (Å²) in [5.41, 5.74) is 1.43. The van der Waals surface area contributed by atoms with Gasteiger partial charge in [0.05, 0.1) is 23.6 Å². The number of hydrogen-bond donors (Lipinski definition) is 1. The summed E-state index contributed by atoms with van der Waals surface area (Å²) in [6.45, 7) is 1.75. The normalized spacial score (nSPS) is 20.3. The van der Waals surface area contributed by atoms with Crippen LogP contribution in [0.15, 0.2) is 47.4 Å². The summed E-state index contributed by atoms with van der Waals surface area (Å²) >= 11 is 0. The van der Waals surface area contributed by atoms with Crippen molar-refractivity contribution in [3.63, 3.8) is 0 Å². The van der Waals surface area contributed by atoms with Crippen molar-refractivity contribution in [3.8, 4) is 5.75 Å². The van der Waals surface area contributed by atoms with Crippen LogP contribution in [0.5, 0.6) is 5.75 Å². The van der Waals surface area contributed by atoms with Gasteiger partial charge in [-0.2, -0.15) is 0 Å². The molecule has 0 aromatic heterocycles. The first-order valence-corrected chi connectivity index (χ1v) is 11.8. The first-order chi connectivity index (χ1) is 14.3. The van der Waals surface area contributed by atoms with Gasteiger partial charge in [0.1, 0.15) is 11.4 Å². The van der Waals surface area contributed by atoms with Gasteiger partial charge < -0.3 is 9.47 Å². The number of para-hydroxylation sites is 1. The van der Waals surface area contributed by atoms with Crippen molar-refractivity contribution in [1.29, 1.82) is 0 Å². The van der Waals surface area contributed by atoms with Crippen LogP contribution in [0.1, 0.15) is 66.1 Å². The SMILES string of the molecule is COC(=O)c1cc(S(=O)(=O)NC2CC3(CCCCC3)Oc3ccccc32)ccc1C. The summed E-state index contributed by atoms with van der Waals surface area (Å²) in [5.74, 6) is 0.194. The zero-order valence-electron chi connectivity index (χ0n) is 17.3. The smallest absolute Gasteiger partial charge is 0.338 e. The van der Waals surface area contributed by atoms with Gasteiger partial charge in [0, 0.05) is 12.0 Å². The number of nitrogens with one attached hydrogen (secondary N) is 1. The minimum absolute atomic E-state index is 0.0511. The Kier molecular flexibility index (Phi) is 5.59. The molecule has 0 bridgehead atoms. The molecule has 0 saturated heterocycles. The molecule has 1 heterocycles. The molecule has 7 heteroatoms. The lowest BCUT2D eigenvalue weighted by atomic mass is 9.77. The molecule has 6 nitrogen and oxygen atoms in total. The lowest BCUT2D eigenvalue weighted by molar-refractivity contribution is 0.0000722. The van der Waals surface area contributed by atoms with Gasteiger partial charge in [0.15, 0.2) is 0 Å². The predicted octanol–water partition coefficient (Wildman–Crippen LogP) is 4.29. The molecule has 1 aliphatic carbocycles. The second kappa shape index (κ2) is 8.04. The average Bonchev–Trinajstić information content (AvgIpc) is 2.73. The molecule has 30 heavy (non-hydrogen) atoms. The number of fused-ring (bicyclic) bond motifs is 1. The largest absolute Gasteiger partial charge is 0.487 e. The van der Waals surface area contributed by atoms with E-state index in [2.05, 4.69) is 4.72 Å². The number of aryl methyl sites for hydroxylation is 1. The van der Waals surface area contributed by atoms with E-state index in [0.717, 1.165) is 37.0 Å². The highest BCUT2D eigenvalue weighted by atomic mass is 32.2. The Hall–Kier alpha value is -2.38. The molecule has 2 aromatic carbocycles. The van der Waals surface area contributed by atoms with Gasteiger partial charge in [-0.15, -0.1) is 0 Å². The lowest BCUT2D eigenvalue weighted by Gasteiger charge is -2.44. The molecule has 1 N–H and O–H groups in total. The van der Waals surface area contributed by atoms with Crippen molar-refractivity contribution < 1.29 is 22.7 Å². The zero-order chi connectivity index (χ0) is 21.4. The third kappa shape index (κ3) is 3.96. The highest BCUT2D eigenvalue weighted by Gasteiger charge is 2.43. The quantitative estimate of drug-likeness (QED) is 0.734. The van der Waals surface area contributed by atoms with E-state index in [1.165, 1.54) is 25.7 Å². The fourth-order valence-corrected chi connectivity index (χ4v) is 5.82. The number of methoxy groups -OCH3 is 1. The number of benzene rings is 2. The number of esters is 1. The number of hydrogen-bond acceptors (Lipinski definition) is 5. The Morgan fingerprint density at radius 3 is 2.60 bits per heavy atom. The molecular formula is C23H27NO5S. The van der Waals surface area contributed by atoms with Gasteiger partial charge in [-0.05, 0) is 56.4 Å². The van der Waals surface area contributed by atoms with Gasteiger partial charge in [-0.1, -0.05) is 30.7 Å². The van der Waals surface area contributed by atoms with Crippen LogP contribution >= 0.6 is 0 Å². The molecule has 2 aromatic rings. The van der Waals surface area contributed by atoms with E-state index in [4.69, 9.17) is 9.47 Å². The molecule has 160 valence electrons. The topological polar surface area (TPSA) is 81.7 Å². The molecule has 1 aliphatic heterocycles. The van der Waals surface area contributed by atoms with Crippen LogP contribution < -0.4 is 9.46 Å². The number of carbonyl (C=O) groups excluding carboxylic acids is 1. The van der Waals surface area contributed by atoms with Crippen molar-refractivity contribution in [2.24, 2.45) is 0 Å². The standard InChI is InChI=1S/C23H27NO5S/c1-16-10-11-17(14-19(16)22(25)28-2)30(26,27)24-20-15-23(12-6-3-7-13-23)29-21-9-5-4-8-18(20)21/h4-5,8-11,14,20,24H,3,6-7,12-13,15H2,1-2H3. The Bertz CT molecular complexity index is 1060. The number of ether oxygens (including phenoxy) is 2.